The number of hydrogen-bond donors (Lipinski definition) is 1. The van der Waals surface area contributed by atoms with Crippen molar-refractivity contribution in [3.8, 4) is 0 Å². The Labute approximate surface area is 108 Å². The van der Waals surface area contributed by atoms with Gasteiger partial charge in [0.2, 0.25) is 0 Å². The van der Waals surface area contributed by atoms with Gasteiger partial charge in [-0.2, -0.15) is 0 Å². The molecule has 0 aliphatic heterocycles. The van der Waals surface area contributed by atoms with E-state index in [2.05, 4.69) is 26.1 Å². The standard InChI is InChI=1S/C15H31NO/c1-5-7-13-8-9-15(16-6-2)14(11-13)10-12(3)17-4/h12-16H,5-11H2,1-4H3. The largest absolute Gasteiger partial charge is 0.382 e. The molecule has 4 atom stereocenters. The minimum Gasteiger partial charge on any atom is -0.382 e. The van der Waals surface area contributed by atoms with Crippen LogP contribution < -0.4 is 5.32 Å². The van der Waals surface area contributed by atoms with Crippen LogP contribution in [0.15, 0.2) is 0 Å². The van der Waals surface area contributed by atoms with Crippen molar-refractivity contribution in [3.05, 3.63) is 0 Å². The molecule has 17 heavy (non-hydrogen) atoms. The van der Waals surface area contributed by atoms with Crippen LogP contribution in [0.1, 0.15) is 59.3 Å². The summed E-state index contributed by atoms with van der Waals surface area (Å²) in [5.74, 6) is 1.78. The Morgan fingerprint density at radius 3 is 2.65 bits per heavy atom. The van der Waals surface area contributed by atoms with Crippen molar-refractivity contribution in [1.29, 1.82) is 0 Å². The molecule has 1 N–H and O–H groups in total. The molecule has 1 saturated carbocycles. The van der Waals surface area contributed by atoms with E-state index < -0.39 is 0 Å². The van der Waals surface area contributed by atoms with E-state index in [1.54, 1.807) is 0 Å². The quantitative estimate of drug-likeness (QED) is 0.735. The maximum absolute atomic E-state index is 5.45. The van der Waals surface area contributed by atoms with Crippen LogP contribution in [0.25, 0.3) is 0 Å². The molecular weight excluding hydrogens is 210 g/mol. The van der Waals surface area contributed by atoms with Gasteiger partial charge in [0.1, 0.15) is 0 Å². The molecule has 1 aliphatic rings. The van der Waals surface area contributed by atoms with Gasteiger partial charge >= 0.3 is 0 Å². The van der Waals surface area contributed by atoms with Gasteiger partial charge in [0.25, 0.3) is 0 Å². The fourth-order valence-corrected chi connectivity index (χ4v) is 3.35. The van der Waals surface area contributed by atoms with Crippen molar-refractivity contribution in [2.24, 2.45) is 11.8 Å². The van der Waals surface area contributed by atoms with E-state index in [1.165, 1.54) is 38.5 Å². The monoisotopic (exact) mass is 241 g/mol. The van der Waals surface area contributed by atoms with Gasteiger partial charge in [-0.05, 0) is 51.0 Å². The second-order valence-corrected chi connectivity index (χ2v) is 5.67. The summed E-state index contributed by atoms with van der Waals surface area (Å²) in [4.78, 5) is 0. The van der Waals surface area contributed by atoms with Gasteiger partial charge in [0.05, 0.1) is 6.10 Å². The van der Waals surface area contributed by atoms with Crippen LogP contribution in [0.5, 0.6) is 0 Å². The van der Waals surface area contributed by atoms with E-state index in [1.807, 2.05) is 7.11 Å². The van der Waals surface area contributed by atoms with Crippen molar-refractivity contribution in [3.63, 3.8) is 0 Å². The molecule has 0 heterocycles. The molecule has 0 saturated heterocycles. The normalized spacial score (nSPS) is 31.4. The summed E-state index contributed by atoms with van der Waals surface area (Å²) in [6.45, 7) is 7.82. The summed E-state index contributed by atoms with van der Waals surface area (Å²) < 4.78 is 5.45. The van der Waals surface area contributed by atoms with Crippen LogP contribution in [0.2, 0.25) is 0 Å². The minimum absolute atomic E-state index is 0.404. The summed E-state index contributed by atoms with van der Waals surface area (Å²) in [5, 5.41) is 3.67. The van der Waals surface area contributed by atoms with Crippen LogP contribution in [0, 0.1) is 11.8 Å². The van der Waals surface area contributed by atoms with Gasteiger partial charge < -0.3 is 10.1 Å². The van der Waals surface area contributed by atoms with Gasteiger partial charge in [-0.15, -0.1) is 0 Å². The lowest BCUT2D eigenvalue weighted by molar-refractivity contribution is 0.0697. The van der Waals surface area contributed by atoms with E-state index in [0.717, 1.165) is 24.4 Å². The first-order valence-corrected chi connectivity index (χ1v) is 7.47. The first-order chi connectivity index (χ1) is 8.21. The zero-order valence-corrected chi connectivity index (χ0v) is 12.2. The Hall–Kier alpha value is -0.0800. The topological polar surface area (TPSA) is 21.3 Å². The Kier molecular flexibility index (Phi) is 7.14. The van der Waals surface area contributed by atoms with Crippen molar-refractivity contribution in [2.75, 3.05) is 13.7 Å². The number of rotatable bonds is 7. The van der Waals surface area contributed by atoms with Crippen molar-refractivity contribution in [2.45, 2.75) is 71.4 Å². The van der Waals surface area contributed by atoms with Gasteiger partial charge in [0.15, 0.2) is 0 Å². The second-order valence-electron chi connectivity index (χ2n) is 5.67. The number of methoxy groups -OCH3 is 1. The first-order valence-electron chi connectivity index (χ1n) is 7.47. The molecule has 1 aliphatic carbocycles. The summed E-state index contributed by atoms with van der Waals surface area (Å²) in [6.07, 6.45) is 8.55. The molecule has 4 unspecified atom stereocenters. The van der Waals surface area contributed by atoms with Gasteiger partial charge in [-0.25, -0.2) is 0 Å². The first kappa shape index (κ1) is 15.0. The average Bonchev–Trinajstić information content (AvgIpc) is 2.33. The van der Waals surface area contributed by atoms with Crippen LogP contribution in [0.4, 0.5) is 0 Å². The fraction of sp³-hybridized carbons (Fsp3) is 1.00. The second kappa shape index (κ2) is 8.10. The van der Waals surface area contributed by atoms with Crippen molar-refractivity contribution >= 4 is 0 Å². The third-order valence-electron chi connectivity index (χ3n) is 4.29. The molecule has 0 aromatic rings. The molecule has 2 heteroatoms. The highest BCUT2D eigenvalue weighted by molar-refractivity contribution is 4.85. The molecule has 2 nitrogen and oxygen atoms in total. The fourth-order valence-electron chi connectivity index (χ4n) is 3.35. The van der Waals surface area contributed by atoms with Crippen LogP contribution >= 0.6 is 0 Å². The van der Waals surface area contributed by atoms with Gasteiger partial charge in [-0.1, -0.05) is 26.7 Å². The molecule has 0 amide bonds. The summed E-state index contributed by atoms with van der Waals surface area (Å²) >= 11 is 0. The highest BCUT2D eigenvalue weighted by atomic mass is 16.5. The summed E-state index contributed by atoms with van der Waals surface area (Å²) in [7, 11) is 1.83. The van der Waals surface area contributed by atoms with Crippen molar-refractivity contribution in [1.82, 2.24) is 5.32 Å². The van der Waals surface area contributed by atoms with Gasteiger partial charge in [-0.3, -0.25) is 0 Å². The third kappa shape index (κ3) is 4.97. The smallest absolute Gasteiger partial charge is 0.0546 e. The SMILES string of the molecule is CCCC1CCC(NCC)C(CC(C)OC)C1. The van der Waals surface area contributed by atoms with E-state index in [-0.39, 0.29) is 0 Å². The number of ether oxygens (including phenoxy) is 1. The zero-order valence-electron chi connectivity index (χ0n) is 12.2. The maximum atomic E-state index is 5.45. The third-order valence-corrected chi connectivity index (χ3v) is 4.29. The average molecular weight is 241 g/mol. The number of hydrogen-bond acceptors (Lipinski definition) is 2. The molecule has 0 bridgehead atoms. The van der Waals surface area contributed by atoms with E-state index in [4.69, 9.17) is 4.74 Å². The Morgan fingerprint density at radius 2 is 2.06 bits per heavy atom. The Morgan fingerprint density at radius 1 is 1.29 bits per heavy atom. The lowest BCUT2D eigenvalue weighted by Gasteiger charge is -2.37. The van der Waals surface area contributed by atoms with E-state index in [9.17, 15) is 0 Å². The van der Waals surface area contributed by atoms with E-state index in [0.29, 0.717) is 6.10 Å². The molecule has 102 valence electrons. The van der Waals surface area contributed by atoms with Gasteiger partial charge in [0, 0.05) is 13.2 Å². The van der Waals surface area contributed by atoms with Crippen LogP contribution in [0.3, 0.4) is 0 Å². The lowest BCUT2D eigenvalue weighted by atomic mass is 9.74. The Balaban J connectivity index is 2.49. The molecule has 1 rings (SSSR count). The molecule has 0 aromatic carbocycles. The summed E-state index contributed by atoms with van der Waals surface area (Å²) in [5.41, 5.74) is 0. The van der Waals surface area contributed by atoms with Crippen molar-refractivity contribution < 1.29 is 4.74 Å². The molecule has 0 radical (unpaired) electrons. The highest BCUT2D eigenvalue weighted by Crippen LogP contribution is 2.34. The number of nitrogens with one attached hydrogen (secondary N) is 1. The minimum atomic E-state index is 0.404. The molecule has 0 spiro atoms. The van der Waals surface area contributed by atoms with Crippen LogP contribution in [-0.4, -0.2) is 25.8 Å². The Bertz CT molecular complexity index is 195. The highest BCUT2D eigenvalue weighted by Gasteiger charge is 2.30. The van der Waals surface area contributed by atoms with E-state index >= 15 is 0 Å². The van der Waals surface area contributed by atoms with Crippen LogP contribution in [-0.2, 0) is 4.74 Å². The molecule has 0 aromatic heterocycles. The predicted octanol–water partition coefficient (Wildman–Crippen LogP) is 3.61. The lowest BCUT2D eigenvalue weighted by Crippen LogP contribution is -2.41. The summed E-state index contributed by atoms with van der Waals surface area (Å²) in [6, 6.07) is 0.728. The predicted molar refractivity (Wildman–Crippen MR) is 74.3 cm³/mol. The maximum Gasteiger partial charge on any atom is 0.0546 e. The zero-order chi connectivity index (χ0) is 12.7. The molecular formula is C15H31NO. The molecule has 1 fully saturated rings.